The number of halogens is 1. The number of sulfonamides is 1. The van der Waals surface area contributed by atoms with Crippen molar-refractivity contribution in [3.8, 4) is 11.5 Å². The molecule has 11 heteroatoms. The van der Waals surface area contributed by atoms with Crippen LogP contribution in [-0.2, 0) is 26.2 Å². The van der Waals surface area contributed by atoms with E-state index < -0.39 is 28.5 Å². The van der Waals surface area contributed by atoms with Crippen molar-refractivity contribution in [1.29, 1.82) is 0 Å². The van der Waals surface area contributed by atoms with Gasteiger partial charge in [-0.25, -0.2) is 8.42 Å². The molecule has 3 aromatic rings. The molecule has 0 aliphatic carbocycles. The molecular weight excluding hydrogens is 590 g/mol. The van der Waals surface area contributed by atoms with Crippen LogP contribution in [0.15, 0.2) is 65.6 Å². The third-order valence-electron chi connectivity index (χ3n) is 6.83. The van der Waals surface area contributed by atoms with Crippen LogP contribution in [-0.4, -0.2) is 58.0 Å². The van der Waals surface area contributed by atoms with E-state index in [1.807, 2.05) is 33.8 Å². The molecule has 1 atom stereocenters. The standard InChI is InChI=1S/C32H40ClN3O6S/c1-8-28(32(38)34-21(2)3)35(19-24-11-9-10-12-27(24)33)31(37)20-36(25-16-22(4)15-23(5)17-25)43(39,40)26-13-14-29(41-6)30(18-26)42-7/h9-18,21,28H,8,19-20H2,1-7H3,(H,34,38)/t28-/m0/s1. The van der Waals surface area contributed by atoms with Crippen molar-refractivity contribution in [3.63, 3.8) is 0 Å². The van der Waals surface area contributed by atoms with Crippen LogP contribution in [0.3, 0.4) is 0 Å². The Morgan fingerprint density at radius 1 is 0.930 bits per heavy atom. The van der Waals surface area contributed by atoms with Gasteiger partial charge in [-0.15, -0.1) is 0 Å². The number of aryl methyl sites for hydroxylation is 2. The Morgan fingerprint density at radius 2 is 1.56 bits per heavy atom. The lowest BCUT2D eigenvalue weighted by Crippen LogP contribution is -2.53. The molecule has 0 bridgehead atoms. The molecule has 0 radical (unpaired) electrons. The maximum absolute atomic E-state index is 14.3. The number of hydrogen-bond acceptors (Lipinski definition) is 6. The molecular formula is C32H40ClN3O6S. The average molecular weight is 630 g/mol. The highest BCUT2D eigenvalue weighted by Gasteiger charge is 2.34. The molecule has 0 spiro atoms. The Morgan fingerprint density at radius 3 is 2.12 bits per heavy atom. The van der Waals surface area contributed by atoms with Crippen LogP contribution in [0, 0.1) is 13.8 Å². The molecule has 0 fully saturated rings. The molecule has 43 heavy (non-hydrogen) atoms. The van der Waals surface area contributed by atoms with E-state index in [0.29, 0.717) is 28.4 Å². The number of amides is 2. The summed E-state index contributed by atoms with van der Waals surface area (Å²) in [5, 5.41) is 3.32. The van der Waals surface area contributed by atoms with Gasteiger partial charge in [0.1, 0.15) is 12.6 Å². The summed E-state index contributed by atoms with van der Waals surface area (Å²) in [5.74, 6) is -0.303. The SMILES string of the molecule is CC[C@@H](C(=O)NC(C)C)N(Cc1ccccc1Cl)C(=O)CN(c1cc(C)cc(C)c1)S(=O)(=O)c1ccc(OC)c(OC)c1. The first-order valence-corrected chi connectivity index (χ1v) is 15.8. The zero-order valence-corrected chi connectivity index (χ0v) is 27.3. The number of carbonyl (C=O) groups excluding carboxylic acids is 2. The molecule has 0 unspecified atom stereocenters. The molecule has 232 valence electrons. The summed E-state index contributed by atoms with van der Waals surface area (Å²) in [4.78, 5) is 28.9. The van der Waals surface area contributed by atoms with Crippen LogP contribution >= 0.6 is 11.6 Å². The largest absolute Gasteiger partial charge is 0.493 e. The smallest absolute Gasteiger partial charge is 0.264 e. The first-order valence-electron chi connectivity index (χ1n) is 14.0. The molecule has 3 aromatic carbocycles. The molecule has 0 aliphatic heterocycles. The zero-order valence-electron chi connectivity index (χ0n) is 25.7. The van der Waals surface area contributed by atoms with Crippen molar-refractivity contribution < 1.29 is 27.5 Å². The van der Waals surface area contributed by atoms with Crippen molar-refractivity contribution in [3.05, 3.63) is 82.4 Å². The average Bonchev–Trinajstić information content (AvgIpc) is 2.95. The zero-order chi connectivity index (χ0) is 31.9. The molecule has 0 saturated heterocycles. The van der Waals surface area contributed by atoms with Crippen molar-refractivity contribution in [2.75, 3.05) is 25.1 Å². The normalized spacial score (nSPS) is 12.0. The minimum atomic E-state index is -4.30. The lowest BCUT2D eigenvalue weighted by Gasteiger charge is -2.34. The van der Waals surface area contributed by atoms with Crippen LogP contribution in [0.25, 0.3) is 0 Å². The molecule has 0 aromatic heterocycles. The molecule has 1 N–H and O–H groups in total. The minimum absolute atomic E-state index is 0.0135. The van der Waals surface area contributed by atoms with Gasteiger partial charge in [-0.05, 0) is 81.1 Å². The van der Waals surface area contributed by atoms with Gasteiger partial charge in [0.05, 0.1) is 24.8 Å². The van der Waals surface area contributed by atoms with Gasteiger partial charge in [0.15, 0.2) is 11.5 Å². The highest BCUT2D eigenvalue weighted by molar-refractivity contribution is 7.92. The Kier molecular flexibility index (Phi) is 11.5. The number of anilines is 1. The highest BCUT2D eigenvalue weighted by atomic mass is 35.5. The topological polar surface area (TPSA) is 105 Å². The fourth-order valence-electron chi connectivity index (χ4n) is 4.84. The van der Waals surface area contributed by atoms with Gasteiger partial charge >= 0.3 is 0 Å². The maximum atomic E-state index is 14.3. The molecule has 2 amide bonds. The summed E-state index contributed by atoms with van der Waals surface area (Å²) in [6.07, 6.45) is 0.306. The first-order chi connectivity index (χ1) is 20.3. The summed E-state index contributed by atoms with van der Waals surface area (Å²) in [6, 6.07) is 15.6. The summed E-state index contributed by atoms with van der Waals surface area (Å²) in [6.45, 7) is 8.64. The van der Waals surface area contributed by atoms with Crippen LogP contribution in [0.5, 0.6) is 11.5 Å². The maximum Gasteiger partial charge on any atom is 0.264 e. The van der Waals surface area contributed by atoms with E-state index >= 15 is 0 Å². The van der Waals surface area contributed by atoms with E-state index in [4.69, 9.17) is 21.1 Å². The Bertz CT molecular complexity index is 1540. The number of methoxy groups -OCH3 is 2. The number of benzene rings is 3. The van der Waals surface area contributed by atoms with Gasteiger partial charge in [-0.1, -0.05) is 42.8 Å². The van der Waals surface area contributed by atoms with Gasteiger partial charge in [-0.2, -0.15) is 0 Å². The quantitative estimate of drug-likeness (QED) is 0.268. The van der Waals surface area contributed by atoms with Crippen molar-refractivity contribution in [1.82, 2.24) is 10.2 Å². The van der Waals surface area contributed by atoms with Gasteiger partial charge < -0.3 is 19.7 Å². The number of carbonyl (C=O) groups is 2. The molecule has 0 aliphatic rings. The molecule has 9 nitrogen and oxygen atoms in total. The summed E-state index contributed by atoms with van der Waals surface area (Å²) >= 11 is 6.46. The predicted molar refractivity (Wildman–Crippen MR) is 169 cm³/mol. The number of nitrogens with one attached hydrogen (secondary N) is 1. The third kappa shape index (κ3) is 8.20. The second kappa shape index (κ2) is 14.6. The fourth-order valence-corrected chi connectivity index (χ4v) is 6.45. The van der Waals surface area contributed by atoms with E-state index in [0.717, 1.165) is 15.4 Å². The van der Waals surface area contributed by atoms with Crippen LogP contribution < -0.4 is 19.1 Å². The van der Waals surface area contributed by atoms with Gasteiger partial charge in [0.2, 0.25) is 11.8 Å². The minimum Gasteiger partial charge on any atom is -0.493 e. The van der Waals surface area contributed by atoms with Gasteiger partial charge in [-0.3, -0.25) is 13.9 Å². The third-order valence-corrected chi connectivity index (χ3v) is 8.97. The first kappa shape index (κ1) is 33.7. The van der Waals surface area contributed by atoms with E-state index in [1.165, 1.54) is 37.3 Å². The summed E-state index contributed by atoms with van der Waals surface area (Å²) < 4.78 is 40.3. The van der Waals surface area contributed by atoms with E-state index in [9.17, 15) is 18.0 Å². The summed E-state index contributed by atoms with van der Waals surface area (Å²) in [5.41, 5.74) is 2.60. The fraction of sp³-hybridized carbons (Fsp3) is 0.375. The Labute approximate surface area is 259 Å². The second-order valence-electron chi connectivity index (χ2n) is 10.6. The number of nitrogens with zero attached hydrogens (tertiary/aromatic N) is 2. The Balaban J connectivity index is 2.15. The lowest BCUT2D eigenvalue weighted by molar-refractivity contribution is -0.140. The molecule has 3 rings (SSSR count). The van der Waals surface area contributed by atoms with Crippen LogP contribution in [0.2, 0.25) is 5.02 Å². The van der Waals surface area contributed by atoms with Crippen LogP contribution in [0.4, 0.5) is 5.69 Å². The van der Waals surface area contributed by atoms with E-state index in [-0.39, 0.29) is 29.1 Å². The summed E-state index contributed by atoms with van der Waals surface area (Å²) in [7, 11) is -1.43. The van der Waals surface area contributed by atoms with Crippen LogP contribution in [0.1, 0.15) is 43.9 Å². The van der Waals surface area contributed by atoms with Gasteiger partial charge in [0, 0.05) is 23.7 Å². The number of ether oxygens (including phenoxy) is 2. The predicted octanol–water partition coefficient (Wildman–Crippen LogP) is 5.50. The number of hydrogen-bond donors (Lipinski definition) is 1. The van der Waals surface area contributed by atoms with Gasteiger partial charge in [0.25, 0.3) is 10.0 Å². The van der Waals surface area contributed by atoms with Crippen molar-refractivity contribution in [2.24, 2.45) is 0 Å². The van der Waals surface area contributed by atoms with Crippen molar-refractivity contribution in [2.45, 2.75) is 64.6 Å². The Hall–Kier alpha value is -3.76. The number of rotatable bonds is 13. The van der Waals surface area contributed by atoms with E-state index in [1.54, 1.807) is 43.3 Å². The lowest BCUT2D eigenvalue weighted by atomic mass is 10.1. The molecule has 0 heterocycles. The highest BCUT2D eigenvalue weighted by Crippen LogP contribution is 2.33. The second-order valence-corrected chi connectivity index (χ2v) is 12.8. The van der Waals surface area contributed by atoms with Crippen molar-refractivity contribution >= 4 is 39.1 Å². The monoisotopic (exact) mass is 629 g/mol. The van der Waals surface area contributed by atoms with E-state index in [2.05, 4.69) is 5.32 Å². The molecule has 0 saturated carbocycles.